The van der Waals surface area contributed by atoms with Crippen molar-refractivity contribution < 1.29 is 9.90 Å². The average Bonchev–Trinajstić information content (AvgIpc) is 2.12. The Kier molecular flexibility index (Phi) is 5.77. The van der Waals surface area contributed by atoms with Gasteiger partial charge in [-0.2, -0.15) is 0 Å². The Morgan fingerprint density at radius 3 is 2.36 bits per heavy atom. The fourth-order valence-electron chi connectivity index (χ4n) is 1.26. The number of unbranched alkanes of at least 4 members (excludes halogenated alkanes) is 1. The number of carbonyl (C=O) groups is 1. The topological polar surface area (TPSA) is 40.5 Å². The Balaban J connectivity index is 4.15. The quantitative estimate of drug-likeness (QED) is 0.710. The lowest BCUT2D eigenvalue weighted by Crippen LogP contribution is -2.39. The Bertz CT molecular complexity index is 178. The number of aliphatic hydroxyl groups excluding tert-OH is 1. The van der Waals surface area contributed by atoms with Crippen LogP contribution in [0.15, 0.2) is 0 Å². The van der Waals surface area contributed by atoms with Gasteiger partial charge >= 0.3 is 0 Å². The molecule has 0 aromatic rings. The van der Waals surface area contributed by atoms with Gasteiger partial charge in [0, 0.05) is 32.0 Å². The van der Waals surface area contributed by atoms with E-state index < -0.39 is 0 Å². The second-order valence-corrected chi connectivity index (χ2v) is 4.62. The van der Waals surface area contributed by atoms with Gasteiger partial charge in [0.05, 0.1) is 0 Å². The molecule has 0 aliphatic rings. The molecule has 0 spiro atoms. The lowest BCUT2D eigenvalue weighted by atomic mass is 9.94. The van der Waals surface area contributed by atoms with Crippen LogP contribution in [0.5, 0.6) is 0 Å². The molecular weight excluding hydrogens is 178 g/mol. The second kappa shape index (κ2) is 6.02. The standard InChI is InChI=1S/C11H23NO2/c1-5-6-7-12(10(2)14)8-11(3,4)9-13/h13H,5-9H2,1-4H3. The monoisotopic (exact) mass is 201 g/mol. The first kappa shape index (κ1) is 13.4. The maximum Gasteiger partial charge on any atom is 0.219 e. The van der Waals surface area contributed by atoms with E-state index in [0.717, 1.165) is 19.4 Å². The predicted molar refractivity (Wildman–Crippen MR) is 58.0 cm³/mol. The maximum absolute atomic E-state index is 11.3. The van der Waals surface area contributed by atoms with Crippen molar-refractivity contribution in [3.8, 4) is 0 Å². The first-order chi connectivity index (χ1) is 6.43. The fourth-order valence-corrected chi connectivity index (χ4v) is 1.26. The van der Waals surface area contributed by atoms with Crippen LogP contribution in [-0.4, -0.2) is 35.6 Å². The molecule has 0 aromatic carbocycles. The van der Waals surface area contributed by atoms with Gasteiger partial charge in [-0.3, -0.25) is 4.79 Å². The summed E-state index contributed by atoms with van der Waals surface area (Å²) in [6.45, 7) is 9.18. The highest BCUT2D eigenvalue weighted by Crippen LogP contribution is 2.16. The largest absolute Gasteiger partial charge is 0.396 e. The fraction of sp³-hybridized carbons (Fsp3) is 0.909. The average molecular weight is 201 g/mol. The van der Waals surface area contributed by atoms with Crippen LogP contribution >= 0.6 is 0 Å². The van der Waals surface area contributed by atoms with E-state index in [1.807, 2.05) is 18.7 Å². The third-order valence-corrected chi connectivity index (χ3v) is 2.27. The van der Waals surface area contributed by atoms with Gasteiger partial charge in [-0.15, -0.1) is 0 Å². The number of carbonyl (C=O) groups excluding carboxylic acids is 1. The molecule has 1 amide bonds. The number of nitrogens with zero attached hydrogens (tertiary/aromatic N) is 1. The van der Waals surface area contributed by atoms with Crippen molar-refractivity contribution in [1.29, 1.82) is 0 Å². The molecule has 84 valence electrons. The van der Waals surface area contributed by atoms with E-state index in [0.29, 0.717) is 6.54 Å². The molecule has 3 nitrogen and oxygen atoms in total. The number of rotatable bonds is 6. The van der Waals surface area contributed by atoms with Crippen LogP contribution < -0.4 is 0 Å². The number of hydrogen-bond acceptors (Lipinski definition) is 2. The Morgan fingerprint density at radius 1 is 1.43 bits per heavy atom. The molecule has 0 fully saturated rings. The molecule has 3 heteroatoms. The van der Waals surface area contributed by atoms with Crippen LogP contribution in [0, 0.1) is 5.41 Å². The molecule has 0 radical (unpaired) electrons. The van der Waals surface area contributed by atoms with Crippen LogP contribution in [0.1, 0.15) is 40.5 Å². The smallest absolute Gasteiger partial charge is 0.219 e. The summed E-state index contributed by atoms with van der Waals surface area (Å²) in [6, 6.07) is 0. The minimum atomic E-state index is -0.195. The Labute approximate surface area is 87.1 Å². The van der Waals surface area contributed by atoms with Gasteiger partial charge in [-0.25, -0.2) is 0 Å². The Hall–Kier alpha value is -0.570. The first-order valence-corrected chi connectivity index (χ1v) is 5.29. The highest BCUT2D eigenvalue weighted by Gasteiger charge is 2.21. The molecule has 1 N–H and O–H groups in total. The minimum Gasteiger partial charge on any atom is -0.396 e. The number of aliphatic hydroxyl groups is 1. The van der Waals surface area contributed by atoms with E-state index in [1.165, 1.54) is 0 Å². The number of hydrogen-bond donors (Lipinski definition) is 1. The van der Waals surface area contributed by atoms with Crippen molar-refractivity contribution in [2.24, 2.45) is 5.41 Å². The van der Waals surface area contributed by atoms with Crippen LogP contribution in [0.25, 0.3) is 0 Å². The molecule has 0 atom stereocenters. The summed E-state index contributed by atoms with van der Waals surface area (Å²) >= 11 is 0. The zero-order valence-corrected chi connectivity index (χ0v) is 9.84. The van der Waals surface area contributed by atoms with E-state index in [-0.39, 0.29) is 17.9 Å². The summed E-state index contributed by atoms with van der Waals surface area (Å²) in [6.07, 6.45) is 2.12. The molecule has 0 rings (SSSR count). The molecule has 0 saturated carbocycles. The molecule has 0 bridgehead atoms. The molecular formula is C11H23NO2. The predicted octanol–water partition coefficient (Wildman–Crippen LogP) is 1.65. The van der Waals surface area contributed by atoms with Crippen molar-refractivity contribution in [1.82, 2.24) is 4.90 Å². The summed E-state index contributed by atoms with van der Waals surface area (Å²) < 4.78 is 0. The van der Waals surface area contributed by atoms with Gasteiger partial charge in [0.2, 0.25) is 5.91 Å². The lowest BCUT2D eigenvalue weighted by Gasteiger charge is -2.30. The van der Waals surface area contributed by atoms with Crippen molar-refractivity contribution in [2.45, 2.75) is 40.5 Å². The van der Waals surface area contributed by atoms with Crippen molar-refractivity contribution >= 4 is 5.91 Å². The van der Waals surface area contributed by atoms with Crippen LogP contribution in [0.3, 0.4) is 0 Å². The molecule has 14 heavy (non-hydrogen) atoms. The highest BCUT2D eigenvalue weighted by atomic mass is 16.3. The third-order valence-electron chi connectivity index (χ3n) is 2.27. The van der Waals surface area contributed by atoms with Gasteiger partial charge in [0.25, 0.3) is 0 Å². The van der Waals surface area contributed by atoms with Gasteiger partial charge in [-0.1, -0.05) is 27.2 Å². The zero-order valence-electron chi connectivity index (χ0n) is 9.84. The molecule has 0 aliphatic carbocycles. The molecule has 0 aliphatic heterocycles. The van der Waals surface area contributed by atoms with Gasteiger partial charge in [-0.05, 0) is 6.42 Å². The summed E-state index contributed by atoms with van der Waals surface area (Å²) in [5.74, 6) is 0.0972. The van der Waals surface area contributed by atoms with Crippen molar-refractivity contribution in [2.75, 3.05) is 19.7 Å². The maximum atomic E-state index is 11.3. The summed E-state index contributed by atoms with van der Waals surface area (Å²) in [5, 5.41) is 9.11. The van der Waals surface area contributed by atoms with Crippen LogP contribution in [0.2, 0.25) is 0 Å². The van der Waals surface area contributed by atoms with E-state index in [1.54, 1.807) is 6.92 Å². The van der Waals surface area contributed by atoms with Gasteiger partial charge in [0.1, 0.15) is 0 Å². The molecule has 0 heterocycles. The van der Waals surface area contributed by atoms with Crippen LogP contribution in [0.4, 0.5) is 0 Å². The van der Waals surface area contributed by atoms with Gasteiger partial charge < -0.3 is 10.0 Å². The van der Waals surface area contributed by atoms with E-state index in [9.17, 15) is 4.79 Å². The zero-order chi connectivity index (χ0) is 11.2. The SMILES string of the molecule is CCCCN(CC(C)(C)CO)C(C)=O. The van der Waals surface area contributed by atoms with E-state index >= 15 is 0 Å². The van der Waals surface area contributed by atoms with Crippen molar-refractivity contribution in [3.05, 3.63) is 0 Å². The Morgan fingerprint density at radius 2 is 2.00 bits per heavy atom. The van der Waals surface area contributed by atoms with Crippen LogP contribution in [-0.2, 0) is 4.79 Å². The van der Waals surface area contributed by atoms with Gasteiger partial charge in [0.15, 0.2) is 0 Å². The lowest BCUT2D eigenvalue weighted by molar-refractivity contribution is -0.130. The number of amides is 1. The summed E-state index contributed by atoms with van der Waals surface area (Å²) in [4.78, 5) is 13.1. The van der Waals surface area contributed by atoms with E-state index in [4.69, 9.17) is 5.11 Å². The first-order valence-electron chi connectivity index (χ1n) is 5.29. The molecule has 0 unspecified atom stereocenters. The minimum absolute atomic E-state index is 0.0972. The van der Waals surface area contributed by atoms with Crippen molar-refractivity contribution in [3.63, 3.8) is 0 Å². The summed E-state index contributed by atoms with van der Waals surface area (Å²) in [7, 11) is 0. The summed E-state index contributed by atoms with van der Waals surface area (Å²) in [5.41, 5.74) is -0.195. The van der Waals surface area contributed by atoms with E-state index in [2.05, 4.69) is 6.92 Å². The second-order valence-electron chi connectivity index (χ2n) is 4.62. The molecule has 0 saturated heterocycles. The normalized spacial score (nSPS) is 11.5. The molecule has 0 aromatic heterocycles. The highest BCUT2D eigenvalue weighted by molar-refractivity contribution is 5.73. The third kappa shape index (κ3) is 5.22.